The number of non-ortho nitro benzene ring substituents is 1. The lowest BCUT2D eigenvalue weighted by atomic mass is 10.1. The van der Waals surface area contributed by atoms with E-state index in [0.29, 0.717) is 24.3 Å². The Morgan fingerprint density at radius 3 is 2.80 bits per heavy atom. The topological polar surface area (TPSA) is 98.5 Å². The molecule has 1 N–H and O–H groups in total. The first-order valence-corrected chi connectivity index (χ1v) is 7.98. The fraction of sp³-hybridized carbons (Fsp3) is 0.500. The summed E-state index contributed by atoms with van der Waals surface area (Å²) in [7, 11) is -1.45. The summed E-state index contributed by atoms with van der Waals surface area (Å²) in [6.07, 6.45) is 0.569. The maximum absolute atomic E-state index is 11.4. The lowest BCUT2D eigenvalue weighted by Gasteiger charge is -2.13. The SMILES string of the molecule is COc1ccc([N+](=O)[O-])cc1CNC1CCS(=O)(=O)C1. The number of benzene rings is 1. The normalized spacial score (nSPS) is 20.8. The number of ether oxygens (including phenoxy) is 1. The van der Waals surface area contributed by atoms with Gasteiger partial charge in [-0.25, -0.2) is 8.42 Å². The molecule has 0 radical (unpaired) electrons. The zero-order chi connectivity index (χ0) is 14.8. The second kappa shape index (κ2) is 5.76. The molecule has 20 heavy (non-hydrogen) atoms. The Balaban J connectivity index is 2.08. The molecular weight excluding hydrogens is 284 g/mol. The average molecular weight is 300 g/mol. The molecule has 1 aromatic rings. The quantitative estimate of drug-likeness (QED) is 0.640. The number of nitrogens with zero attached hydrogens (tertiary/aromatic N) is 1. The molecule has 7 nitrogen and oxygen atoms in total. The molecule has 1 aliphatic rings. The summed E-state index contributed by atoms with van der Waals surface area (Å²) in [4.78, 5) is 10.3. The Hall–Kier alpha value is -1.67. The van der Waals surface area contributed by atoms with Crippen LogP contribution in [-0.2, 0) is 16.4 Å². The van der Waals surface area contributed by atoms with Crippen molar-refractivity contribution in [3.63, 3.8) is 0 Å². The number of nitro benzene ring substituents is 1. The van der Waals surface area contributed by atoms with Crippen LogP contribution in [0.2, 0.25) is 0 Å². The van der Waals surface area contributed by atoms with Crippen molar-refractivity contribution in [1.29, 1.82) is 0 Å². The van der Waals surface area contributed by atoms with Gasteiger partial charge >= 0.3 is 0 Å². The van der Waals surface area contributed by atoms with E-state index in [4.69, 9.17) is 4.74 Å². The van der Waals surface area contributed by atoms with Crippen LogP contribution in [0.5, 0.6) is 5.75 Å². The van der Waals surface area contributed by atoms with Crippen molar-refractivity contribution in [2.75, 3.05) is 18.6 Å². The minimum atomic E-state index is -2.94. The van der Waals surface area contributed by atoms with Gasteiger partial charge in [0, 0.05) is 30.3 Å². The molecule has 0 bridgehead atoms. The number of nitrogens with one attached hydrogen (secondary N) is 1. The van der Waals surface area contributed by atoms with Gasteiger partial charge in [0.1, 0.15) is 5.75 Å². The van der Waals surface area contributed by atoms with Crippen LogP contribution in [0.15, 0.2) is 18.2 Å². The van der Waals surface area contributed by atoms with Crippen molar-refractivity contribution in [2.45, 2.75) is 19.0 Å². The number of hydrogen-bond donors (Lipinski definition) is 1. The highest BCUT2D eigenvalue weighted by Gasteiger charge is 2.27. The lowest BCUT2D eigenvalue weighted by molar-refractivity contribution is -0.384. The van der Waals surface area contributed by atoms with Crippen molar-refractivity contribution >= 4 is 15.5 Å². The maximum atomic E-state index is 11.4. The van der Waals surface area contributed by atoms with E-state index < -0.39 is 14.8 Å². The molecule has 0 amide bonds. The fourth-order valence-corrected chi connectivity index (χ4v) is 3.93. The van der Waals surface area contributed by atoms with E-state index in [1.807, 2.05) is 0 Å². The minimum absolute atomic E-state index is 0.0124. The molecule has 1 fully saturated rings. The number of hydrogen-bond acceptors (Lipinski definition) is 6. The molecule has 1 heterocycles. The first kappa shape index (κ1) is 14.7. The number of nitro groups is 1. The van der Waals surface area contributed by atoms with Gasteiger partial charge in [0.15, 0.2) is 9.84 Å². The van der Waals surface area contributed by atoms with Gasteiger partial charge in [-0.1, -0.05) is 0 Å². The van der Waals surface area contributed by atoms with Crippen LogP contribution in [0.1, 0.15) is 12.0 Å². The number of sulfone groups is 1. The van der Waals surface area contributed by atoms with Gasteiger partial charge in [0.2, 0.25) is 0 Å². The number of rotatable bonds is 5. The smallest absolute Gasteiger partial charge is 0.270 e. The third-order valence-corrected chi connectivity index (χ3v) is 5.06. The highest BCUT2D eigenvalue weighted by atomic mass is 32.2. The zero-order valence-electron chi connectivity index (χ0n) is 11.0. The van der Waals surface area contributed by atoms with Gasteiger partial charge in [-0.2, -0.15) is 0 Å². The van der Waals surface area contributed by atoms with E-state index in [9.17, 15) is 18.5 Å². The molecule has 0 aliphatic carbocycles. The van der Waals surface area contributed by atoms with Gasteiger partial charge in [0.05, 0.1) is 23.5 Å². The van der Waals surface area contributed by atoms with E-state index in [2.05, 4.69) is 5.32 Å². The van der Waals surface area contributed by atoms with Crippen molar-refractivity contribution < 1.29 is 18.1 Å². The molecule has 1 aliphatic heterocycles. The summed E-state index contributed by atoms with van der Waals surface area (Å²) in [6, 6.07) is 4.25. The second-order valence-corrected chi connectivity index (χ2v) is 6.96. The van der Waals surface area contributed by atoms with Crippen LogP contribution in [0, 0.1) is 10.1 Å². The minimum Gasteiger partial charge on any atom is -0.496 e. The maximum Gasteiger partial charge on any atom is 0.270 e. The van der Waals surface area contributed by atoms with E-state index in [1.54, 1.807) is 6.07 Å². The van der Waals surface area contributed by atoms with Crippen LogP contribution in [-0.4, -0.2) is 38.0 Å². The highest BCUT2D eigenvalue weighted by Crippen LogP contribution is 2.24. The third kappa shape index (κ3) is 3.45. The first-order chi connectivity index (χ1) is 9.41. The van der Waals surface area contributed by atoms with Gasteiger partial charge in [-0.05, 0) is 12.5 Å². The molecule has 0 spiro atoms. The molecule has 1 atom stereocenters. The highest BCUT2D eigenvalue weighted by molar-refractivity contribution is 7.91. The Morgan fingerprint density at radius 2 is 2.25 bits per heavy atom. The summed E-state index contributed by atoms with van der Waals surface area (Å²) in [6.45, 7) is 0.338. The zero-order valence-corrected chi connectivity index (χ0v) is 11.9. The van der Waals surface area contributed by atoms with Crippen LogP contribution in [0.3, 0.4) is 0 Å². The van der Waals surface area contributed by atoms with E-state index in [1.165, 1.54) is 19.2 Å². The van der Waals surface area contributed by atoms with Crippen molar-refractivity contribution in [1.82, 2.24) is 5.32 Å². The molecule has 0 saturated carbocycles. The standard InChI is InChI=1S/C12H16N2O5S/c1-19-12-3-2-11(14(15)16)6-9(12)7-13-10-4-5-20(17,18)8-10/h2-3,6,10,13H,4-5,7-8H2,1H3. The van der Waals surface area contributed by atoms with E-state index >= 15 is 0 Å². The van der Waals surface area contributed by atoms with Crippen molar-refractivity contribution in [3.05, 3.63) is 33.9 Å². The summed E-state index contributed by atoms with van der Waals surface area (Å²) in [5, 5.41) is 13.9. The van der Waals surface area contributed by atoms with E-state index in [-0.39, 0.29) is 23.2 Å². The average Bonchev–Trinajstić information content (AvgIpc) is 2.75. The fourth-order valence-electron chi connectivity index (χ4n) is 2.23. The Morgan fingerprint density at radius 1 is 1.50 bits per heavy atom. The van der Waals surface area contributed by atoms with Gasteiger partial charge in [0.25, 0.3) is 5.69 Å². The molecule has 110 valence electrons. The van der Waals surface area contributed by atoms with Crippen molar-refractivity contribution in [2.24, 2.45) is 0 Å². The van der Waals surface area contributed by atoms with Crippen LogP contribution < -0.4 is 10.1 Å². The summed E-state index contributed by atoms with van der Waals surface area (Å²) < 4.78 is 27.9. The van der Waals surface area contributed by atoms with E-state index in [0.717, 1.165) is 0 Å². The summed E-state index contributed by atoms with van der Waals surface area (Å²) >= 11 is 0. The van der Waals surface area contributed by atoms with Gasteiger partial charge in [-0.15, -0.1) is 0 Å². The molecular formula is C12H16N2O5S. The first-order valence-electron chi connectivity index (χ1n) is 6.16. The van der Waals surface area contributed by atoms with Crippen molar-refractivity contribution in [3.8, 4) is 5.75 Å². The largest absolute Gasteiger partial charge is 0.496 e. The van der Waals surface area contributed by atoms with Crippen LogP contribution in [0.4, 0.5) is 5.69 Å². The monoisotopic (exact) mass is 300 g/mol. The second-order valence-electron chi connectivity index (χ2n) is 4.73. The molecule has 2 rings (SSSR count). The van der Waals surface area contributed by atoms with Crippen LogP contribution >= 0.6 is 0 Å². The molecule has 1 unspecified atom stereocenters. The Labute approximate surface area is 117 Å². The predicted octanol–water partition coefficient (Wildman–Crippen LogP) is 0.880. The Kier molecular flexibility index (Phi) is 4.24. The van der Waals surface area contributed by atoms with Gasteiger partial charge < -0.3 is 10.1 Å². The van der Waals surface area contributed by atoms with Crippen LogP contribution in [0.25, 0.3) is 0 Å². The van der Waals surface area contributed by atoms with Gasteiger partial charge in [-0.3, -0.25) is 10.1 Å². The summed E-state index contributed by atoms with van der Waals surface area (Å²) in [5.74, 6) is 0.852. The predicted molar refractivity (Wildman–Crippen MR) is 73.5 cm³/mol. The number of methoxy groups -OCH3 is 1. The summed E-state index contributed by atoms with van der Waals surface area (Å²) in [5.41, 5.74) is 0.632. The lowest BCUT2D eigenvalue weighted by Crippen LogP contribution is -2.29. The third-order valence-electron chi connectivity index (χ3n) is 3.29. The molecule has 0 aromatic heterocycles. The molecule has 8 heteroatoms. The molecule has 1 aromatic carbocycles. The molecule has 1 saturated heterocycles. The Bertz CT molecular complexity index is 614.